The van der Waals surface area contributed by atoms with E-state index in [0.717, 1.165) is 17.7 Å². The van der Waals surface area contributed by atoms with Crippen LogP contribution in [-0.2, 0) is 0 Å². The van der Waals surface area contributed by atoms with E-state index in [9.17, 15) is 4.79 Å². The Hall–Kier alpha value is -0.870. The molecule has 2 aliphatic rings. The third kappa shape index (κ3) is 2.43. The molecule has 2 bridgehead atoms. The number of carbonyl (C=O) groups excluding carboxylic acids is 1. The summed E-state index contributed by atoms with van der Waals surface area (Å²) in [4.78, 5) is 16.9. The number of hydrogen-bond donors (Lipinski definition) is 1. The summed E-state index contributed by atoms with van der Waals surface area (Å²) in [6.07, 6.45) is 4.82. The van der Waals surface area contributed by atoms with E-state index in [1.807, 2.05) is 6.07 Å². The van der Waals surface area contributed by atoms with Gasteiger partial charge in [-0.05, 0) is 58.2 Å². The van der Waals surface area contributed by atoms with Gasteiger partial charge in [0.2, 0.25) is 0 Å². The highest BCUT2D eigenvalue weighted by atomic mass is 32.1. The summed E-state index contributed by atoms with van der Waals surface area (Å²) in [6, 6.07) is 3.73. The zero-order valence-corrected chi connectivity index (χ0v) is 12.7. The number of hydrogen-bond acceptors (Lipinski definition) is 3. The van der Waals surface area contributed by atoms with E-state index in [4.69, 9.17) is 0 Å². The largest absolute Gasteiger partial charge is 0.348 e. The van der Waals surface area contributed by atoms with Crippen LogP contribution < -0.4 is 5.32 Å². The molecule has 0 aliphatic carbocycles. The summed E-state index contributed by atoms with van der Waals surface area (Å²) < 4.78 is 0. The number of fused-ring (bicyclic) bond motifs is 2. The Balaban J connectivity index is 1.64. The van der Waals surface area contributed by atoms with E-state index >= 15 is 0 Å². The molecular weight excluding hydrogens is 256 g/mol. The minimum atomic E-state index is 0.121. The molecule has 2 fully saturated rings. The highest BCUT2D eigenvalue weighted by Crippen LogP contribution is 2.34. The van der Waals surface area contributed by atoms with Crippen LogP contribution in [-0.4, -0.2) is 36.0 Å². The van der Waals surface area contributed by atoms with Crippen LogP contribution in [0.15, 0.2) is 6.07 Å². The summed E-state index contributed by atoms with van der Waals surface area (Å²) in [7, 11) is 2.23. The van der Waals surface area contributed by atoms with Crippen LogP contribution >= 0.6 is 11.3 Å². The van der Waals surface area contributed by atoms with Crippen LogP contribution in [0.3, 0.4) is 0 Å². The van der Waals surface area contributed by atoms with Gasteiger partial charge in [0.1, 0.15) is 0 Å². The molecule has 0 radical (unpaired) electrons. The fraction of sp³-hybridized carbons (Fsp3) is 0.667. The average molecular weight is 278 g/mol. The summed E-state index contributed by atoms with van der Waals surface area (Å²) in [5.74, 6) is 0.121. The lowest BCUT2D eigenvalue weighted by molar-refractivity contribution is 0.0886. The topological polar surface area (TPSA) is 32.3 Å². The lowest BCUT2D eigenvalue weighted by atomic mass is 9.98. The molecule has 2 saturated heterocycles. The SMILES string of the molecule is Cc1cc(C(=O)NC2C[C@H]3CC[C@@H](C2)N3C)sc1C. The molecule has 1 aromatic rings. The molecule has 3 nitrogen and oxygen atoms in total. The maximum absolute atomic E-state index is 12.3. The first-order valence-electron chi connectivity index (χ1n) is 7.14. The lowest BCUT2D eigenvalue weighted by Crippen LogP contribution is -2.48. The molecule has 104 valence electrons. The van der Waals surface area contributed by atoms with Gasteiger partial charge in [0.25, 0.3) is 5.91 Å². The zero-order valence-electron chi connectivity index (χ0n) is 11.9. The van der Waals surface area contributed by atoms with Crippen molar-refractivity contribution in [2.24, 2.45) is 0 Å². The second kappa shape index (κ2) is 4.91. The molecule has 1 aromatic heterocycles. The molecule has 4 heteroatoms. The first kappa shape index (κ1) is 13.1. The minimum absolute atomic E-state index is 0.121. The van der Waals surface area contributed by atoms with Crippen molar-refractivity contribution in [3.05, 3.63) is 21.4 Å². The van der Waals surface area contributed by atoms with E-state index in [1.54, 1.807) is 11.3 Å². The molecule has 1 amide bonds. The van der Waals surface area contributed by atoms with E-state index in [1.165, 1.54) is 23.3 Å². The number of thiophene rings is 1. The molecule has 19 heavy (non-hydrogen) atoms. The number of carbonyl (C=O) groups is 1. The summed E-state index contributed by atoms with van der Waals surface area (Å²) in [5, 5.41) is 3.24. The Morgan fingerprint density at radius 1 is 1.32 bits per heavy atom. The Morgan fingerprint density at radius 2 is 1.95 bits per heavy atom. The van der Waals surface area contributed by atoms with Crippen molar-refractivity contribution in [1.29, 1.82) is 0 Å². The highest BCUT2D eigenvalue weighted by molar-refractivity contribution is 7.14. The number of aryl methyl sites for hydroxylation is 2. The molecule has 0 saturated carbocycles. The molecule has 3 atom stereocenters. The Morgan fingerprint density at radius 3 is 2.47 bits per heavy atom. The number of amides is 1. The monoisotopic (exact) mass is 278 g/mol. The van der Waals surface area contributed by atoms with E-state index in [-0.39, 0.29) is 5.91 Å². The second-order valence-electron chi connectivity index (χ2n) is 6.04. The van der Waals surface area contributed by atoms with Gasteiger partial charge < -0.3 is 10.2 Å². The van der Waals surface area contributed by atoms with Crippen LogP contribution in [0.2, 0.25) is 0 Å². The number of nitrogens with zero attached hydrogens (tertiary/aromatic N) is 1. The van der Waals surface area contributed by atoms with Gasteiger partial charge in [0.15, 0.2) is 0 Å². The maximum atomic E-state index is 12.3. The second-order valence-corrected chi connectivity index (χ2v) is 7.30. The molecule has 0 aromatic carbocycles. The van der Waals surface area contributed by atoms with Crippen LogP contribution in [0.5, 0.6) is 0 Å². The van der Waals surface area contributed by atoms with Crippen LogP contribution in [0.1, 0.15) is 45.8 Å². The predicted octanol–water partition coefficient (Wildman–Crippen LogP) is 2.72. The summed E-state index contributed by atoms with van der Waals surface area (Å²) in [6.45, 7) is 4.14. The average Bonchev–Trinajstić information content (AvgIpc) is 2.78. The Kier molecular flexibility index (Phi) is 3.39. The summed E-state index contributed by atoms with van der Waals surface area (Å²) in [5.41, 5.74) is 1.22. The standard InChI is InChI=1S/C15H22N2OS/c1-9-6-14(19-10(9)2)15(18)16-11-7-12-4-5-13(8-11)17(12)3/h6,11-13H,4-5,7-8H2,1-3H3,(H,16,18)/t11?,12-,13+. The van der Waals surface area contributed by atoms with Crippen molar-refractivity contribution in [3.8, 4) is 0 Å². The maximum Gasteiger partial charge on any atom is 0.261 e. The van der Waals surface area contributed by atoms with Gasteiger partial charge >= 0.3 is 0 Å². The summed E-state index contributed by atoms with van der Waals surface area (Å²) >= 11 is 1.61. The Labute approximate surface area is 119 Å². The number of rotatable bonds is 2. The van der Waals surface area contributed by atoms with Crippen molar-refractivity contribution in [2.45, 2.75) is 57.7 Å². The smallest absolute Gasteiger partial charge is 0.261 e. The number of nitrogens with one attached hydrogen (secondary N) is 1. The Bertz CT molecular complexity index is 463. The normalized spacial score (nSPS) is 30.6. The molecule has 3 heterocycles. The number of piperidine rings is 1. The van der Waals surface area contributed by atoms with Gasteiger partial charge in [-0.25, -0.2) is 0 Å². The first-order valence-corrected chi connectivity index (χ1v) is 7.96. The molecule has 0 spiro atoms. The van der Waals surface area contributed by atoms with Gasteiger partial charge in [-0.2, -0.15) is 0 Å². The fourth-order valence-corrected chi connectivity index (χ4v) is 4.41. The van der Waals surface area contributed by atoms with Crippen molar-refractivity contribution in [1.82, 2.24) is 10.2 Å². The van der Waals surface area contributed by atoms with E-state index in [0.29, 0.717) is 18.1 Å². The predicted molar refractivity (Wildman–Crippen MR) is 78.9 cm³/mol. The van der Waals surface area contributed by atoms with Gasteiger partial charge in [0.05, 0.1) is 4.88 Å². The van der Waals surface area contributed by atoms with Gasteiger partial charge in [-0.15, -0.1) is 11.3 Å². The molecule has 3 rings (SSSR count). The molecule has 2 aliphatic heterocycles. The van der Waals surface area contributed by atoms with Crippen LogP contribution in [0.4, 0.5) is 0 Å². The molecular formula is C15H22N2OS. The van der Waals surface area contributed by atoms with E-state index in [2.05, 4.69) is 31.1 Å². The lowest BCUT2D eigenvalue weighted by Gasteiger charge is -2.36. The van der Waals surface area contributed by atoms with Crippen LogP contribution in [0.25, 0.3) is 0 Å². The zero-order chi connectivity index (χ0) is 13.6. The molecule has 1 unspecified atom stereocenters. The third-order valence-electron chi connectivity index (χ3n) is 4.82. The quantitative estimate of drug-likeness (QED) is 0.902. The third-order valence-corrected chi connectivity index (χ3v) is 5.97. The van der Waals surface area contributed by atoms with Crippen molar-refractivity contribution in [2.75, 3.05) is 7.05 Å². The van der Waals surface area contributed by atoms with Gasteiger partial charge in [-0.3, -0.25) is 4.79 Å². The van der Waals surface area contributed by atoms with Gasteiger partial charge in [-0.1, -0.05) is 0 Å². The molecule has 1 N–H and O–H groups in total. The van der Waals surface area contributed by atoms with Gasteiger partial charge in [0, 0.05) is 23.0 Å². The van der Waals surface area contributed by atoms with Crippen molar-refractivity contribution < 1.29 is 4.79 Å². The van der Waals surface area contributed by atoms with Crippen LogP contribution in [0, 0.1) is 13.8 Å². The van der Waals surface area contributed by atoms with Crippen molar-refractivity contribution in [3.63, 3.8) is 0 Å². The fourth-order valence-electron chi connectivity index (χ4n) is 3.47. The first-order chi connectivity index (χ1) is 9.04. The minimum Gasteiger partial charge on any atom is -0.348 e. The highest BCUT2D eigenvalue weighted by Gasteiger charge is 2.38. The van der Waals surface area contributed by atoms with E-state index < -0.39 is 0 Å². The van der Waals surface area contributed by atoms with Crippen molar-refractivity contribution >= 4 is 17.2 Å².